The Bertz CT molecular complexity index is 551. The minimum Gasteiger partial charge on any atom is -0.341 e. The maximum atomic E-state index is 11.8. The lowest BCUT2D eigenvalue weighted by atomic mass is 9.86. The van der Waals surface area contributed by atoms with Crippen LogP contribution in [0.15, 0.2) is 24.3 Å². The van der Waals surface area contributed by atoms with E-state index in [1.807, 2.05) is 24.3 Å². The Kier molecular flexibility index (Phi) is 2.28. The third kappa shape index (κ3) is 1.65. The van der Waals surface area contributed by atoms with Gasteiger partial charge in [-0.25, -0.2) is 4.98 Å². The molecule has 17 heavy (non-hydrogen) atoms. The van der Waals surface area contributed by atoms with Crippen molar-refractivity contribution in [3.05, 3.63) is 30.1 Å². The van der Waals surface area contributed by atoms with Gasteiger partial charge in [0, 0.05) is 12.8 Å². The van der Waals surface area contributed by atoms with Gasteiger partial charge in [-0.1, -0.05) is 12.1 Å². The Morgan fingerprint density at radius 1 is 1.12 bits per heavy atom. The van der Waals surface area contributed by atoms with Crippen LogP contribution < -0.4 is 0 Å². The van der Waals surface area contributed by atoms with Crippen LogP contribution in [0.2, 0.25) is 0 Å². The lowest BCUT2D eigenvalue weighted by Gasteiger charge is -2.16. The van der Waals surface area contributed by atoms with Crippen LogP contribution >= 0.6 is 0 Å². The molecule has 1 aromatic carbocycles. The Hall–Kier alpha value is -1.97. The standard InChI is InChI=1S/C13H12N2O2/c16-10-6-3-7-11(17)12(10)13-14-8-4-1-2-5-9(8)15-13/h1-2,4-5,12H,3,6-7H2,(H,14,15). The molecule has 0 radical (unpaired) electrons. The summed E-state index contributed by atoms with van der Waals surface area (Å²) in [5, 5.41) is 0. The second kappa shape index (κ2) is 3.80. The molecule has 2 aromatic rings. The molecule has 4 nitrogen and oxygen atoms in total. The van der Waals surface area contributed by atoms with Crippen LogP contribution in [0.1, 0.15) is 31.0 Å². The van der Waals surface area contributed by atoms with Crippen LogP contribution in [0, 0.1) is 0 Å². The van der Waals surface area contributed by atoms with Crippen LogP contribution in [0.4, 0.5) is 0 Å². The number of aromatic nitrogens is 2. The number of rotatable bonds is 1. The molecular weight excluding hydrogens is 216 g/mol. The summed E-state index contributed by atoms with van der Waals surface area (Å²) < 4.78 is 0. The Morgan fingerprint density at radius 3 is 2.53 bits per heavy atom. The zero-order valence-corrected chi connectivity index (χ0v) is 9.27. The second-order valence-electron chi connectivity index (χ2n) is 4.36. The normalized spacial score (nSPS) is 17.9. The lowest BCUT2D eigenvalue weighted by molar-refractivity contribution is -0.132. The van der Waals surface area contributed by atoms with Crippen molar-refractivity contribution in [2.45, 2.75) is 25.2 Å². The molecule has 1 saturated carbocycles. The van der Waals surface area contributed by atoms with E-state index in [9.17, 15) is 9.59 Å². The van der Waals surface area contributed by atoms with Crippen molar-refractivity contribution in [2.24, 2.45) is 0 Å². The molecule has 1 aromatic heterocycles. The summed E-state index contributed by atoms with van der Waals surface area (Å²) in [6.45, 7) is 0. The number of benzene rings is 1. The molecule has 1 aliphatic carbocycles. The summed E-state index contributed by atoms with van der Waals surface area (Å²) in [4.78, 5) is 31.0. The molecule has 4 heteroatoms. The third-order valence-electron chi connectivity index (χ3n) is 3.17. The fraction of sp³-hybridized carbons (Fsp3) is 0.308. The number of Topliss-reactive ketones (excluding diaryl/α,β-unsaturated/α-hetero) is 2. The summed E-state index contributed by atoms with van der Waals surface area (Å²) in [5.74, 6) is -0.197. The number of H-pyrrole nitrogens is 1. The molecule has 0 unspecified atom stereocenters. The van der Waals surface area contributed by atoms with Crippen LogP contribution in [0.5, 0.6) is 0 Å². The van der Waals surface area contributed by atoms with Crippen LogP contribution in [0.25, 0.3) is 11.0 Å². The second-order valence-corrected chi connectivity index (χ2v) is 4.36. The monoisotopic (exact) mass is 228 g/mol. The van der Waals surface area contributed by atoms with E-state index >= 15 is 0 Å². The van der Waals surface area contributed by atoms with Gasteiger partial charge in [0.25, 0.3) is 0 Å². The van der Waals surface area contributed by atoms with E-state index < -0.39 is 5.92 Å². The maximum Gasteiger partial charge on any atom is 0.150 e. The molecule has 0 spiro atoms. The maximum absolute atomic E-state index is 11.8. The number of nitrogens with zero attached hydrogens (tertiary/aromatic N) is 1. The molecule has 0 saturated heterocycles. The number of aromatic amines is 1. The molecule has 3 rings (SSSR count). The third-order valence-corrected chi connectivity index (χ3v) is 3.17. The number of ketones is 2. The number of fused-ring (bicyclic) bond motifs is 1. The fourth-order valence-electron chi connectivity index (χ4n) is 2.32. The minimum absolute atomic E-state index is 0.0136. The topological polar surface area (TPSA) is 62.8 Å². The quantitative estimate of drug-likeness (QED) is 0.759. The number of para-hydroxylation sites is 2. The molecule has 1 N–H and O–H groups in total. The Balaban J connectivity index is 2.07. The predicted octanol–water partition coefficient (Wildman–Crippen LogP) is 1.97. The van der Waals surface area contributed by atoms with E-state index in [1.165, 1.54) is 0 Å². The van der Waals surface area contributed by atoms with E-state index in [1.54, 1.807) is 0 Å². The summed E-state index contributed by atoms with van der Waals surface area (Å²) in [5.41, 5.74) is 1.67. The highest BCUT2D eigenvalue weighted by molar-refractivity contribution is 6.09. The molecule has 1 fully saturated rings. The van der Waals surface area contributed by atoms with Gasteiger partial charge in [0.05, 0.1) is 11.0 Å². The smallest absolute Gasteiger partial charge is 0.150 e. The van der Waals surface area contributed by atoms with Crippen molar-refractivity contribution < 1.29 is 9.59 Å². The van der Waals surface area contributed by atoms with E-state index in [2.05, 4.69) is 9.97 Å². The first kappa shape index (κ1) is 10.2. The number of carbonyl (C=O) groups excluding carboxylic acids is 2. The fourth-order valence-corrected chi connectivity index (χ4v) is 2.32. The van der Waals surface area contributed by atoms with Crippen LogP contribution in [-0.4, -0.2) is 21.5 Å². The van der Waals surface area contributed by atoms with E-state index in [4.69, 9.17) is 0 Å². The molecule has 0 amide bonds. The molecule has 0 aliphatic heterocycles. The average Bonchev–Trinajstić information content (AvgIpc) is 2.71. The molecule has 0 bridgehead atoms. The number of hydrogen-bond donors (Lipinski definition) is 1. The van der Waals surface area contributed by atoms with Gasteiger partial charge in [-0.2, -0.15) is 0 Å². The summed E-state index contributed by atoms with van der Waals surface area (Å²) in [7, 11) is 0. The summed E-state index contributed by atoms with van der Waals surface area (Å²) >= 11 is 0. The van der Waals surface area contributed by atoms with E-state index in [0.717, 1.165) is 11.0 Å². The SMILES string of the molecule is O=C1CCCC(=O)C1c1nc2ccccc2[nH]1. The molecule has 0 atom stereocenters. The van der Waals surface area contributed by atoms with Gasteiger partial charge in [0.15, 0.2) is 11.6 Å². The number of nitrogens with one attached hydrogen (secondary N) is 1. The van der Waals surface area contributed by atoms with Crippen molar-refractivity contribution >= 4 is 22.6 Å². The largest absolute Gasteiger partial charge is 0.341 e. The van der Waals surface area contributed by atoms with Gasteiger partial charge in [-0.15, -0.1) is 0 Å². The van der Waals surface area contributed by atoms with Crippen molar-refractivity contribution in [2.75, 3.05) is 0 Å². The van der Waals surface area contributed by atoms with Gasteiger partial charge in [-0.3, -0.25) is 9.59 Å². The van der Waals surface area contributed by atoms with Crippen LogP contribution in [-0.2, 0) is 9.59 Å². The van der Waals surface area contributed by atoms with Gasteiger partial charge in [-0.05, 0) is 18.6 Å². The number of hydrogen-bond acceptors (Lipinski definition) is 3. The Morgan fingerprint density at radius 2 is 1.82 bits per heavy atom. The minimum atomic E-state index is -0.670. The van der Waals surface area contributed by atoms with Gasteiger partial charge in [0.2, 0.25) is 0 Å². The Labute approximate surface area is 98.0 Å². The first-order valence-corrected chi connectivity index (χ1v) is 5.76. The summed E-state index contributed by atoms with van der Waals surface area (Å²) in [6.07, 6.45) is 1.63. The summed E-state index contributed by atoms with van der Waals surface area (Å²) in [6, 6.07) is 7.54. The highest BCUT2D eigenvalue weighted by Gasteiger charge is 2.33. The van der Waals surface area contributed by atoms with Crippen molar-refractivity contribution in [1.82, 2.24) is 9.97 Å². The molecular formula is C13H12N2O2. The first-order valence-electron chi connectivity index (χ1n) is 5.76. The lowest BCUT2D eigenvalue weighted by Crippen LogP contribution is -2.27. The van der Waals surface area contributed by atoms with E-state index in [-0.39, 0.29) is 11.6 Å². The predicted molar refractivity (Wildman–Crippen MR) is 62.7 cm³/mol. The van der Waals surface area contributed by atoms with Crippen LogP contribution in [0.3, 0.4) is 0 Å². The van der Waals surface area contributed by atoms with E-state index in [0.29, 0.717) is 25.1 Å². The van der Waals surface area contributed by atoms with Gasteiger partial charge < -0.3 is 4.98 Å². The van der Waals surface area contributed by atoms with Crippen molar-refractivity contribution in [3.63, 3.8) is 0 Å². The van der Waals surface area contributed by atoms with Crippen molar-refractivity contribution in [1.29, 1.82) is 0 Å². The van der Waals surface area contributed by atoms with Crippen molar-refractivity contribution in [3.8, 4) is 0 Å². The zero-order chi connectivity index (χ0) is 11.8. The highest BCUT2D eigenvalue weighted by atomic mass is 16.2. The number of imidazole rings is 1. The zero-order valence-electron chi connectivity index (χ0n) is 9.27. The first-order chi connectivity index (χ1) is 8.25. The number of carbonyl (C=O) groups is 2. The molecule has 1 aliphatic rings. The van der Waals surface area contributed by atoms with Gasteiger partial charge >= 0.3 is 0 Å². The van der Waals surface area contributed by atoms with Gasteiger partial charge in [0.1, 0.15) is 11.7 Å². The molecule has 1 heterocycles. The molecule has 86 valence electrons. The average molecular weight is 228 g/mol. The highest BCUT2D eigenvalue weighted by Crippen LogP contribution is 2.26.